The lowest BCUT2D eigenvalue weighted by Crippen LogP contribution is -2.22. The Morgan fingerprint density at radius 2 is 1.88 bits per heavy atom. The summed E-state index contributed by atoms with van der Waals surface area (Å²) < 4.78 is 24.3. The molecular formula is C18H19ClFNO4. The third-order valence-electron chi connectivity index (χ3n) is 3.31. The molecule has 0 radical (unpaired) electrons. The third-order valence-corrected chi connectivity index (χ3v) is 3.66. The zero-order valence-corrected chi connectivity index (χ0v) is 14.5. The third kappa shape index (κ3) is 5.92. The molecule has 0 saturated carbocycles. The van der Waals surface area contributed by atoms with E-state index in [1.54, 1.807) is 24.3 Å². The van der Waals surface area contributed by atoms with E-state index in [9.17, 15) is 9.18 Å². The molecule has 0 aliphatic carbocycles. The van der Waals surface area contributed by atoms with Crippen molar-refractivity contribution >= 4 is 17.6 Å². The smallest absolute Gasteiger partial charge is 0.317 e. The molecule has 0 atom stereocenters. The highest BCUT2D eigenvalue weighted by Crippen LogP contribution is 2.34. The number of rotatable bonds is 9. The molecule has 7 heteroatoms. The van der Waals surface area contributed by atoms with Crippen LogP contribution in [0.3, 0.4) is 0 Å². The first kappa shape index (κ1) is 19.0. The fourth-order valence-electron chi connectivity index (χ4n) is 2.14. The van der Waals surface area contributed by atoms with Crippen molar-refractivity contribution in [2.45, 2.75) is 20.1 Å². The molecule has 0 bridgehead atoms. The lowest BCUT2D eigenvalue weighted by atomic mass is 10.2. The van der Waals surface area contributed by atoms with Crippen LogP contribution < -0.4 is 14.8 Å². The Bertz CT molecular complexity index is 722. The summed E-state index contributed by atoms with van der Waals surface area (Å²) in [6.45, 7) is 2.66. The van der Waals surface area contributed by atoms with E-state index >= 15 is 0 Å². The van der Waals surface area contributed by atoms with Crippen molar-refractivity contribution in [2.24, 2.45) is 0 Å². The molecule has 0 aliphatic rings. The molecule has 2 N–H and O–H groups in total. The molecule has 25 heavy (non-hydrogen) atoms. The molecule has 0 unspecified atom stereocenters. The molecule has 0 saturated heterocycles. The fourth-order valence-corrected chi connectivity index (χ4v) is 2.36. The average Bonchev–Trinajstić information content (AvgIpc) is 2.57. The van der Waals surface area contributed by atoms with Crippen LogP contribution in [-0.4, -0.2) is 24.2 Å². The molecule has 134 valence electrons. The molecule has 2 aromatic rings. The van der Waals surface area contributed by atoms with Gasteiger partial charge in [0.05, 0.1) is 13.2 Å². The number of benzene rings is 2. The molecule has 0 aromatic heterocycles. The van der Waals surface area contributed by atoms with Crippen molar-refractivity contribution in [3.05, 3.63) is 58.4 Å². The minimum atomic E-state index is -0.944. The van der Waals surface area contributed by atoms with Gasteiger partial charge in [-0.25, -0.2) is 4.39 Å². The summed E-state index contributed by atoms with van der Waals surface area (Å²) in [7, 11) is 0. The minimum Gasteiger partial charge on any atom is -0.490 e. The van der Waals surface area contributed by atoms with Gasteiger partial charge >= 0.3 is 5.97 Å². The second kappa shape index (κ2) is 9.25. The van der Waals surface area contributed by atoms with E-state index in [1.807, 2.05) is 6.92 Å². The van der Waals surface area contributed by atoms with Crippen LogP contribution in [0.2, 0.25) is 5.02 Å². The van der Waals surface area contributed by atoms with Crippen LogP contribution in [-0.2, 0) is 17.9 Å². The molecule has 2 rings (SSSR count). The van der Waals surface area contributed by atoms with Crippen molar-refractivity contribution in [2.75, 3.05) is 13.2 Å². The van der Waals surface area contributed by atoms with E-state index in [0.29, 0.717) is 35.2 Å². The van der Waals surface area contributed by atoms with Crippen molar-refractivity contribution in [3.8, 4) is 11.5 Å². The van der Waals surface area contributed by atoms with Crippen LogP contribution >= 0.6 is 11.6 Å². The topological polar surface area (TPSA) is 67.8 Å². The van der Waals surface area contributed by atoms with Crippen LogP contribution in [0.25, 0.3) is 0 Å². The molecule has 2 aromatic carbocycles. The largest absolute Gasteiger partial charge is 0.490 e. The lowest BCUT2D eigenvalue weighted by molar-refractivity contribution is -0.135. The van der Waals surface area contributed by atoms with Gasteiger partial charge in [-0.3, -0.25) is 4.79 Å². The molecular weight excluding hydrogens is 349 g/mol. The van der Waals surface area contributed by atoms with Gasteiger partial charge in [0.2, 0.25) is 0 Å². The van der Waals surface area contributed by atoms with E-state index in [2.05, 4.69) is 5.32 Å². The van der Waals surface area contributed by atoms with Gasteiger partial charge in [-0.2, -0.15) is 0 Å². The second-order valence-corrected chi connectivity index (χ2v) is 5.64. The Balaban J connectivity index is 2.11. The quantitative estimate of drug-likeness (QED) is 0.708. The Labute approximate surface area is 150 Å². The second-order valence-electron chi connectivity index (χ2n) is 5.24. The predicted octanol–water partition coefficient (Wildman–Crippen LogP) is 3.63. The summed E-state index contributed by atoms with van der Waals surface area (Å²) in [5.41, 5.74) is 1.52. The molecule has 0 heterocycles. The molecule has 5 nitrogen and oxygen atoms in total. The van der Waals surface area contributed by atoms with Gasteiger partial charge < -0.3 is 19.9 Å². The van der Waals surface area contributed by atoms with Crippen LogP contribution in [0.4, 0.5) is 4.39 Å². The highest BCUT2D eigenvalue weighted by molar-refractivity contribution is 6.31. The predicted molar refractivity (Wildman–Crippen MR) is 92.7 cm³/mol. The standard InChI is InChI=1S/C18H19ClFNO4/c1-2-24-16-7-13(9-21-10-18(22)23)15(19)8-17(16)25-11-12-3-5-14(20)6-4-12/h3-8,21H,2,9-11H2,1H3,(H,22,23). The van der Waals surface area contributed by atoms with Crippen LogP contribution in [0.15, 0.2) is 36.4 Å². The van der Waals surface area contributed by atoms with Crippen molar-refractivity contribution in [3.63, 3.8) is 0 Å². The Kier molecular flexibility index (Phi) is 7.03. The number of hydrogen-bond acceptors (Lipinski definition) is 4. The van der Waals surface area contributed by atoms with E-state index in [4.69, 9.17) is 26.2 Å². The number of halogens is 2. The average molecular weight is 368 g/mol. The van der Waals surface area contributed by atoms with E-state index in [0.717, 1.165) is 5.56 Å². The first-order valence-corrected chi connectivity index (χ1v) is 8.12. The van der Waals surface area contributed by atoms with Gasteiger partial charge in [0.15, 0.2) is 11.5 Å². The van der Waals surface area contributed by atoms with Crippen LogP contribution in [0, 0.1) is 5.82 Å². The van der Waals surface area contributed by atoms with Gasteiger partial charge in [-0.05, 0) is 36.2 Å². The van der Waals surface area contributed by atoms with Crippen LogP contribution in [0.5, 0.6) is 11.5 Å². The Morgan fingerprint density at radius 1 is 1.20 bits per heavy atom. The maximum Gasteiger partial charge on any atom is 0.317 e. The number of aliphatic carboxylic acids is 1. The van der Waals surface area contributed by atoms with E-state index in [-0.39, 0.29) is 19.0 Å². The monoisotopic (exact) mass is 367 g/mol. The summed E-state index contributed by atoms with van der Waals surface area (Å²) in [6.07, 6.45) is 0. The van der Waals surface area contributed by atoms with Gasteiger partial charge in [-0.1, -0.05) is 23.7 Å². The number of carboxylic acids is 1. The van der Waals surface area contributed by atoms with E-state index in [1.165, 1.54) is 12.1 Å². The lowest BCUT2D eigenvalue weighted by Gasteiger charge is -2.15. The van der Waals surface area contributed by atoms with Crippen LogP contribution in [0.1, 0.15) is 18.1 Å². The normalized spacial score (nSPS) is 10.5. The summed E-state index contributed by atoms with van der Waals surface area (Å²) >= 11 is 6.25. The maximum absolute atomic E-state index is 12.9. The SMILES string of the molecule is CCOc1cc(CNCC(=O)O)c(Cl)cc1OCc1ccc(F)cc1. The highest BCUT2D eigenvalue weighted by Gasteiger charge is 2.12. The number of carbonyl (C=O) groups is 1. The molecule has 0 aliphatic heterocycles. The zero-order valence-electron chi connectivity index (χ0n) is 13.7. The summed E-state index contributed by atoms with van der Waals surface area (Å²) in [4.78, 5) is 10.6. The summed E-state index contributed by atoms with van der Waals surface area (Å²) in [5, 5.41) is 11.9. The molecule has 0 spiro atoms. The van der Waals surface area contributed by atoms with Gasteiger partial charge in [0, 0.05) is 17.6 Å². The van der Waals surface area contributed by atoms with Gasteiger partial charge in [0.1, 0.15) is 12.4 Å². The number of ether oxygens (including phenoxy) is 2. The summed E-state index contributed by atoms with van der Waals surface area (Å²) in [5.74, 6) is -0.264. The fraction of sp³-hybridized carbons (Fsp3) is 0.278. The van der Waals surface area contributed by atoms with Crippen molar-refractivity contribution < 1.29 is 23.8 Å². The number of nitrogens with one attached hydrogen (secondary N) is 1. The van der Waals surface area contributed by atoms with Gasteiger partial charge in [0.25, 0.3) is 0 Å². The number of hydrogen-bond donors (Lipinski definition) is 2. The maximum atomic E-state index is 12.9. The first-order chi connectivity index (χ1) is 12.0. The minimum absolute atomic E-state index is 0.164. The highest BCUT2D eigenvalue weighted by atomic mass is 35.5. The Hall–Kier alpha value is -2.31. The molecule has 0 fully saturated rings. The Morgan fingerprint density at radius 3 is 2.52 bits per heavy atom. The van der Waals surface area contributed by atoms with E-state index < -0.39 is 5.97 Å². The van der Waals surface area contributed by atoms with Crippen molar-refractivity contribution in [1.82, 2.24) is 5.32 Å². The van der Waals surface area contributed by atoms with Crippen molar-refractivity contribution in [1.29, 1.82) is 0 Å². The summed E-state index contributed by atoms with van der Waals surface area (Å²) in [6, 6.07) is 9.37. The first-order valence-electron chi connectivity index (χ1n) is 7.74. The molecule has 0 amide bonds. The van der Waals surface area contributed by atoms with Gasteiger partial charge in [-0.15, -0.1) is 0 Å². The zero-order chi connectivity index (χ0) is 18.2. The number of carboxylic acid groups (broad SMARTS) is 1.